The first kappa shape index (κ1) is 18.6. The lowest BCUT2D eigenvalue weighted by atomic mass is 9.46. The normalized spacial score (nSPS) is 48.4. The highest BCUT2D eigenvalue weighted by Crippen LogP contribution is 2.65. The van der Waals surface area contributed by atoms with Crippen LogP contribution in [0, 0.1) is 28.6 Å². The number of aliphatic hydroxyl groups is 1. The fourth-order valence-corrected chi connectivity index (χ4v) is 7.56. The molecular formula is C19H28O6S. The van der Waals surface area contributed by atoms with Crippen LogP contribution >= 0.6 is 0 Å². The van der Waals surface area contributed by atoms with Gasteiger partial charge in [-0.3, -0.25) is 9.35 Å². The first-order valence-corrected chi connectivity index (χ1v) is 11.0. The summed E-state index contributed by atoms with van der Waals surface area (Å²) in [6.07, 6.45) is 5.64. The van der Waals surface area contributed by atoms with Crippen molar-refractivity contribution in [2.24, 2.45) is 28.6 Å². The van der Waals surface area contributed by atoms with Crippen LogP contribution in [-0.4, -0.2) is 36.1 Å². The fraction of sp³-hybridized carbons (Fsp3) is 0.842. The van der Waals surface area contributed by atoms with Crippen molar-refractivity contribution in [3.63, 3.8) is 0 Å². The minimum atomic E-state index is -4.51. The molecule has 0 amide bonds. The van der Waals surface area contributed by atoms with E-state index in [1.807, 2.05) is 6.92 Å². The van der Waals surface area contributed by atoms with E-state index >= 15 is 0 Å². The monoisotopic (exact) mass is 384 g/mol. The molecule has 4 aliphatic carbocycles. The molecule has 26 heavy (non-hydrogen) atoms. The molecule has 0 aromatic rings. The second-order valence-corrected chi connectivity index (χ2v) is 10.3. The summed E-state index contributed by atoms with van der Waals surface area (Å²) in [5.41, 5.74) is 0.569. The highest BCUT2D eigenvalue weighted by atomic mass is 32.3. The number of allylic oxidation sites excluding steroid dienone is 1. The summed E-state index contributed by atoms with van der Waals surface area (Å²) in [5.74, 6) is 0.833. The Bertz CT molecular complexity index is 758. The van der Waals surface area contributed by atoms with E-state index in [2.05, 4.69) is 6.92 Å². The highest BCUT2D eigenvalue weighted by molar-refractivity contribution is 7.80. The summed E-state index contributed by atoms with van der Waals surface area (Å²) in [7, 11) is -4.51. The van der Waals surface area contributed by atoms with E-state index in [0.29, 0.717) is 19.3 Å². The summed E-state index contributed by atoms with van der Waals surface area (Å²) in [5, 5.41) is 11.1. The Hall–Kier alpha value is -0.760. The first-order valence-electron chi connectivity index (χ1n) is 9.62. The van der Waals surface area contributed by atoms with E-state index in [9.17, 15) is 18.3 Å². The first-order chi connectivity index (χ1) is 12.0. The molecule has 0 heterocycles. The Labute approximate surface area is 155 Å². The van der Waals surface area contributed by atoms with Gasteiger partial charge in [0.2, 0.25) is 0 Å². The third kappa shape index (κ3) is 2.70. The van der Waals surface area contributed by atoms with Gasteiger partial charge in [-0.1, -0.05) is 19.4 Å². The van der Waals surface area contributed by atoms with E-state index in [-0.39, 0.29) is 29.0 Å². The average Bonchev–Trinajstić information content (AvgIpc) is 2.82. The zero-order valence-corrected chi connectivity index (χ0v) is 16.2. The third-order valence-electron chi connectivity index (χ3n) is 8.04. The molecule has 0 radical (unpaired) electrons. The molecule has 0 aliphatic heterocycles. The molecule has 0 aromatic carbocycles. The van der Waals surface area contributed by atoms with Crippen LogP contribution in [0.25, 0.3) is 0 Å². The van der Waals surface area contributed by atoms with Crippen molar-refractivity contribution in [3.8, 4) is 0 Å². The molecule has 0 saturated heterocycles. The Kier molecular flexibility index (Phi) is 4.20. The minimum absolute atomic E-state index is 0.0955. The van der Waals surface area contributed by atoms with E-state index in [1.165, 1.54) is 5.57 Å². The molecule has 4 aliphatic rings. The fourth-order valence-electron chi connectivity index (χ4n) is 6.95. The van der Waals surface area contributed by atoms with Crippen LogP contribution in [0.5, 0.6) is 0 Å². The van der Waals surface area contributed by atoms with Gasteiger partial charge in [0.1, 0.15) is 0 Å². The van der Waals surface area contributed by atoms with Gasteiger partial charge >= 0.3 is 10.4 Å². The quantitative estimate of drug-likeness (QED) is 0.710. The van der Waals surface area contributed by atoms with Crippen molar-refractivity contribution in [1.82, 2.24) is 0 Å². The lowest BCUT2D eigenvalue weighted by molar-refractivity contribution is -0.139. The standard InChI is InChI=1S/C19H28O6S/c1-18-8-7-12(20)9-11(18)3-4-13-14-5-6-16(25-26(22,23)24)19(14,2)10-15(21)17(13)18/h9,13-17,21H,3-8,10H2,1-2H3,(H,22,23,24)/t13-,14-,15+,16-,17+,18-,19-/m0/s1. The Morgan fingerprint density at radius 1 is 1.19 bits per heavy atom. The summed E-state index contributed by atoms with van der Waals surface area (Å²) >= 11 is 0. The van der Waals surface area contributed by atoms with Crippen molar-refractivity contribution >= 4 is 16.2 Å². The molecule has 7 atom stereocenters. The van der Waals surface area contributed by atoms with E-state index in [0.717, 1.165) is 25.7 Å². The second kappa shape index (κ2) is 5.87. The van der Waals surface area contributed by atoms with Crippen LogP contribution in [0.3, 0.4) is 0 Å². The van der Waals surface area contributed by atoms with Gasteiger partial charge in [0.25, 0.3) is 0 Å². The number of fused-ring (bicyclic) bond motifs is 5. The van der Waals surface area contributed by atoms with Gasteiger partial charge < -0.3 is 5.11 Å². The number of rotatable bonds is 2. The number of ketones is 1. The van der Waals surface area contributed by atoms with Crippen LogP contribution in [0.4, 0.5) is 0 Å². The molecule has 6 nitrogen and oxygen atoms in total. The number of aliphatic hydroxyl groups excluding tert-OH is 1. The van der Waals surface area contributed by atoms with Gasteiger partial charge in [-0.15, -0.1) is 0 Å². The predicted octanol–water partition coefficient (Wildman–Crippen LogP) is 2.68. The number of carbonyl (C=O) groups is 1. The molecular weight excluding hydrogens is 356 g/mol. The minimum Gasteiger partial charge on any atom is -0.393 e. The number of hydrogen-bond acceptors (Lipinski definition) is 5. The second-order valence-electron chi connectivity index (χ2n) is 9.26. The lowest BCUT2D eigenvalue weighted by Crippen LogP contribution is -2.57. The molecule has 0 spiro atoms. The number of carbonyl (C=O) groups excluding carboxylic acids is 1. The van der Waals surface area contributed by atoms with E-state index < -0.39 is 28.0 Å². The summed E-state index contributed by atoms with van der Waals surface area (Å²) in [6, 6.07) is 0. The molecule has 0 bridgehead atoms. The molecule has 4 rings (SSSR count). The Morgan fingerprint density at radius 2 is 1.92 bits per heavy atom. The summed E-state index contributed by atoms with van der Waals surface area (Å²) in [6.45, 7) is 4.19. The zero-order chi connectivity index (χ0) is 18.9. The largest absolute Gasteiger partial charge is 0.397 e. The Morgan fingerprint density at radius 3 is 2.62 bits per heavy atom. The summed E-state index contributed by atoms with van der Waals surface area (Å²) in [4.78, 5) is 11.9. The van der Waals surface area contributed by atoms with Gasteiger partial charge in [-0.25, -0.2) is 4.18 Å². The van der Waals surface area contributed by atoms with E-state index in [4.69, 9.17) is 8.74 Å². The van der Waals surface area contributed by atoms with Crippen molar-refractivity contribution in [3.05, 3.63) is 11.6 Å². The van der Waals surface area contributed by atoms with Gasteiger partial charge in [0, 0.05) is 11.8 Å². The van der Waals surface area contributed by atoms with Crippen molar-refractivity contribution in [2.45, 2.75) is 71.0 Å². The van der Waals surface area contributed by atoms with Crippen molar-refractivity contribution in [2.75, 3.05) is 0 Å². The van der Waals surface area contributed by atoms with E-state index in [1.54, 1.807) is 6.08 Å². The molecule has 3 saturated carbocycles. The smallest absolute Gasteiger partial charge is 0.393 e. The summed E-state index contributed by atoms with van der Waals surface area (Å²) < 4.78 is 36.7. The Balaban J connectivity index is 1.68. The number of hydrogen-bond donors (Lipinski definition) is 2. The van der Waals surface area contributed by atoms with Crippen LogP contribution in [0.2, 0.25) is 0 Å². The van der Waals surface area contributed by atoms with Gasteiger partial charge in [0.15, 0.2) is 5.78 Å². The predicted molar refractivity (Wildman–Crippen MR) is 94.5 cm³/mol. The molecule has 7 heteroatoms. The maximum Gasteiger partial charge on any atom is 0.397 e. The third-order valence-corrected chi connectivity index (χ3v) is 8.52. The molecule has 0 unspecified atom stereocenters. The zero-order valence-electron chi connectivity index (χ0n) is 15.3. The van der Waals surface area contributed by atoms with Crippen LogP contribution in [0.15, 0.2) is 11.6 Å². The SMILES string of the molecule is C[C@]12C[C@@H](O)[C@H]3[C@@H](CCC4=CC(=O)CC[C@@]43C)[C@@H]1CC[C@@H]2OS(=O)(=O)O. The van der Waals surface area contributed by atoms with Crippen molar-refractivity contribution < 1.29 is 27.1 Å². The van der Waals surface area contributed by atoms with Crippen LogP contribution in [-0.2, 0) is 19.4 Å². The van der Waals surface area contributed by atoms with Crippen molar-refractivity contribution in [1.29, 1.82) is 0 Å². The maximum absolute atomic E-state index is 11.9. The van der Waals surface area contributed by atoms with Gasteiger partial charge in [0.05, 0.1) is 12.2 Å². The lowest BCUT2D eigenvalue weighted by Gasteiger charge is -2.59. The molecule has 146 valence electrons. The molecule has 2 N–H and O–H groups in total. The maximum atomic E-state index is 11.9. The van der Waals surface area contributed by atoms with Gasteiger partial charge in [-0.05, 0) is 67.8 Å². The molecule has 0 aromatic heterocycles. The topological polar surface area (TPSA) is 101 Å². The van der Waals surface area contributed by atoms with Gasteiger partial charge in [-0.2, -0.15) is 8.42 Å². The average molecular weight is 384 g/mol. The highest BCUT2D eigenvalue weighted by Gasteiger charge is 2.62. The van der Waals surface area contributed by atoms with Crippen LogP contribution < -0.4 is 0 Å². The van der Waals surface area contributed by atoms with Crippen LogP contribution in [0.1, 0.15) is 58.8 Å². The molecule has 3 fully saturated rings.